The second kappa shape index (κ2) is 9.76. The monoisotopic (exact) mass is 463 g/mol. The average Bonchev–Trinajstić information content (AvgIpc) is 3.72. The zero-order valence-electron chi connectivity index (χ0n) is 20.0. The lowest BCUT2D eigenvalue weighted by Crippen LogP contribution is -2.54. The summed E-state index contributed by atoms with van der Waals surface area (Å²) in [6.07, 6.45) is 1.96. The van der Waals surface area contributed by atoms with Gasteiger partial charge in [-0.2, -0.15) is 0 Å². The Balaban J connectivity index is 1.52. The van der Waals surface area contributed by atoms with Crippen molar-refractivity contribution in [2.45, 2.75) is 30.8 Å². The molecule has 0 bridgehead atoms. The normalized spacial score (nSPS) is 23.1. The number of carbonyl (C=O) groups is 2. The Kier molecular flexibility index (Phi) is 6.57. The Hall–Kier alpha value is -2.90. The lowest BCUT2D eigenvalue weighted by Gasteiger charge is -2.44. The van der Waals surface area contributed by atoms with Crippen LogP contribution in [-0.4, -0.2) is 86.1 Å². The molecule has 180 valence electrons. The van der Waals surface area contributed by atoms with E-state index in [-0.39, 0.29) is 23.9 Å². The number of rotatable bonds is 7. The number of piperazine rings is 1. The zero-order chi connectivity index (χ0) is 23.7. The quantitative estimate of drug-likeness (QED) is 0.632. The summed E-state index contributed by atoms with van der Waals surface area (Å²) in [6.45, 7) is 4.60. The summed E-state index contributed by atoms with van der Waals surface area (Å²) in [5.41, 5.74) is 2.45. The molecule has 2 amide bonds. The molecule has 2 heterocycles. The number of fused-ring (bicyclic) bond motifs is 1. The minimum atomic E-state index is -0.438. The molecule has 2 aromatic rings. The first-order valence-electron chi connectivity index (χ1n) is 12.2. The maximum atomic E-state index is 14.2. The van der Waals surface area contributed by atoms with Crippen LogP contribution in [0.5, 0.6) is 5.75 Å². The van der Waals surface area contributed by atoms with E-state index in [1.165, 1.54) is 0 Å². The van der Waals surface area contributed by atoms with Gasteiger partial charge in [0.1, 0.15) is 5.75 Å². The highest BCUT2D eigenvalue weighted by molar-refractivity contribution is 6.01. The second-order valence-electron chi connectivity index (χ2n) is 9.39. The molecule has 0 unspecified atom stereocenters. The molecule has 2 aliphatic heterocycles. The fourth-order valence-corrected chi connectivity index (χ4v) is 5.36. The topological polar surface area (TPSA) is 62.3 Å². The number of ether oxygens (including phenoxy) is 2. The molecule has 2 atom stereocenters. The molecule has 1 saturated heterocycles. The van der Waals surface area contributed by atoms with Crippen LogP contribution in [-0.2, 0) is 9.53 Å². The second-order valence-corrected chi connectivity index (χ2v) is 9.39. The van der Waals surface area contributed by atoms with Gasteiger partial charge in [-0.1, -0.05) is 30.3 Å². The van der Waals surface area contributed by atoms with Crippen molar-refractivity contribution in [3.63, 3.8) is 0 Å². The van der Waals surface area contributed by atoms with Crippen LogP contribution >= 0.6 is 0 Å². The highest BCUT2D eigenvalue weighted by atomic mass is 16.5. The van der Waals surface area contributed by atoms with Crippen molar-refractivity contribution in [3.8, 4) is 5.75 Å². The molecule has 3 aliphatic rings. The summed E-state index contributed by atoms with van der Waals surface area (Å²) in [6, 6.07) is 15.3. The summed E-state index contributed by atoms with van der Waals surface area (Å²) in [5.74, 6) is 0.425. The van der Waals surface area contributed by atoms with Crippen LogP contribution in [0.4, 0.5) is 0 Å². The molecule has 34 heavy (non-hydrogen) atoms. The Bertz CT molecular complexity index is 1050. The van der Waals surface area contributed by atoms with Gasteiger partial charge < -0.3 is 19.3 Å². The molecule has 7 nitrogen and oxygen atoms in total. The van der Waals surface area contributed by atoms with Gasteiger partial charge in [0, 0.05) is 51.4 Å². The van der Waals surface area contributed by atoms with Gasteiger partial charge >= 0.3 is 0 Å². The lowest BCUT2D eigenvalue weighted by atomic mass is 9.78. The van der Waals surface area contributed by atoms with Gasteiger partial charge in [-0.25, -0.2) is 0 Å². The van der Waals surface area contributed by atoms with Crippen LogP contribution < -0.4 is 4.74 Å². The molecular formula is C27H33N3O4. The van der Waals surface area contributed by atoms with Crippen molar-refractivity contribution in [2.75, 3.05) is 53.6 Å². The summed E-state index contributed by atoms with van der Waals surface area (Å²) >= 11 is 0. The van der Waals surface area contributed by atoms with Crippen molar-refractivity contribution in [1.29, 1.82) is 0 Å². The van der Waals surface area contributed by atoms with Gasteiger partial charge in [0.15, 0.2) is 0 Å². The van der Waals surface area contributed by atoms with Gasteiger partial charge in [0.25, 0.3) is 5.91 Å². The van der Waals surface area contributed by atoms with E-state index in [0.717, 1.165) is 49.4 Å². The van der Waals surface area contributed by atoms with Gasteiger partial charge in [-0.15, -0.1) is 0 Å². The lowest BCUT2D eigenvalue weighted by molar-refractivity contribution is -0.136. The van der Waals surface area contributed by atoms with Gasteiger partial charge in [-0.05, 0) is 42.2 Å². The summed E-state index contributed by atoms with van der Waals surface area (Å²) < 4.78 is 10.7. The fourth-order valence-electron chi connectivity index (χ4n) is 5.36. The molecule has 0 aromatic heterocycles. The fraction of sp³-hybridized carbons (Fsp3) is 0.481. The van der Waals surface area contributed by atoms with E-state index in [1.807, 2.05) is 58.3 Å². The van der Waals surface area contributed by atoms with Crippen molar-refractivity contribution in [1.82, 2.24) is 14.7 Å². The highest BCUT2D eigenvalue weighted by Gasteiger charge is 2.50. The highest BCUT2D eigenvalue weighted by Crippen LogP contribution is 2.48. The molecule has 0 radical (unpaired) electrons. The molecule has 2 fully saturated rings. The van der Waals surface area contributed by atoms with Crippen LogP contribution in [0.2, 0.25) is 0 Å². The Morgan fingerprint density at radius 1 is 1.00 bits per heavy atom. The minimum absolute atomic E-state index is 0.0272. The van der Waals surface area contributed by atoms with Crippen molar-refractivity contribution < 1.29 is 19.1 Å². The van der Waals surface area contributed by atoms with Crippen molar-refractivity contribution in [2.24, 2.45) is 0 Å². The first-order chi connectivity index (χ1) is 16.6. The smallest absolute Gasteiger partial charge is 0.254 e. The Labute approximate surface area is 201 Å². The Morgan fingerprint density at radius 2 is 1.76 bits per heavy atom. The van der Waals surface area contributed by atoms with Crippen LogP contribution in [0.3, 0.4) is 0 Å². The van der Waals surface area contributed by atoms with E-state index in [1.54, 1.807) is 14.2 Å². The van der Waals surface area contributed by atoms with Gasteiger partial charge in [0.2, 0.25) is 5.91 Å². The molecule has 5 rings (SSSR count). The third kappa shape index (κ3) is 4.30. The number of methoxy groups -OCH3 is 2. The van der Waals surface area contributed by atoms with E-state index in [9.17, 15) is 9.59 Å². The van der Waals surface area contributed by atoms with Crippen molar-refractivity contribution in [3.05, 3.63) is 65.2 Å². The Morgan fingerprint density at radius 3 is 2.47 bits per heavy atom. The predicted octanol–water partition coefficient (Wildman–Crippen LogP) is 2.93. The zero-order valence-corrected chi connectivity index (χ0v) is 20.0. The minimum Gasteiger partial charge on any atom is -0.497 e. The van der Waals surface area contributed by atoms with E-state index >= 15 is 0 Å². The van der Waals surface area contributed by atoms with Crippen LogP contribution in [0.15, 0.2) is 48.5 Å². The van der Waals surface area contributed by atoms with Crippen LogP contribution in [0, 0.1) is 0 Å². The van der Waals surface area contributed by atoms with E-state index < -0.39 is 5.92 Å². The van der Waals surface area contributed by atoms with Crippen LogP contribution in [0.25, 0.3) is 0 Å². The largest absolute Gasteiger partial charge is 0.497 e. The van der Waals surface area contributed by atoms with Gasteiger partial charge in [-0.3, -0.25) is 14.5 Å². The van der Waals surface area contributed by atoms with E-state index in [4.69, 9.17) is 9.47 Å². The number of amides is 2. The number of hydrogen-bond acceptors (Lipinski definition) is 5. The summed E-state index contributed by atoms with van der Waals surface area (Å²) in [5, 5.41) is 0. The predicted molar refractivity (Wildman–Crippen MR) is 129 cm³/mol. The molecule has 1 saturated carbocycles. The third-order valence-electron chi connectivity index (χ3n) is 7.31. The molecule has 0 spiro atoms. The molecule has 0 N–H and O–H groups in total. The number of hydrogen-bond donors (Lipinski definition) is 0. The SMILES string of the molecule is COCCN1CCN(C(=O)[C@@H]2c3ccccc3C(=O)N(C3CC3)[C@@H]2c2cccc(OC)c2)CC1. The summed E-state index contributed by atoms with van der Waals surface area (Å²) in [4.78, 5) is 34.2. The first kappa shape index (κ1) is 22.9. The number of nitrogens with zero attached hydrogens (tertiary/aromatic N) is 3. The van der Waals surface area contributed by atoms with E-state index in [0.29, 0.717) is 25.3 Å². The number of benzene rings is 2. The number of carbonyl (C=O) groups excluding carboxylic acids is 2. The molecule has 1 aliphatic carbocycles. The maximum absolute atomic E-state index is 14.2. The van der Waals surface area contributed by atoms with Crippen molar-refractivity contribution >= 4 is 11.8 Å². The van der Waals surface area contributed by atoms with Gasteiger partial charge in [0.05, 0.1) is 25.7 Å². The average molecular weight is 464 g/mol. The van der Waals surface area contributed by atoms with Crippen LogP contribution in [0.1, 0.15) is 46.3 Å². The molecular weight excluding hydrogens is 430 g/mol. The third-order valence-corrected chi connectivity index (χ3v) is 7.31. The summed E-state index contributed by atoms with van der Waals surface area (Å²) in [7, 11) is 3.36. The standard InChI is InChI=1S/C27H33N3O4/c1-33-17-16-28-12-14-29(15-13-28)27(32)24-22-8-3-4-9-23(22)26(31)30(20-10-11-20)25(24)19-6-5-7-21(18-19)34-2/h3-9,18,20,24-25H,10-17H2,1-2H3/t24-,25-/m1/s1. The molecule has 2 aromatic carbocycles. The van der Waals surface area contributed by atoms with E-state index in [2.05, 4.69) is 4.90 Å². The molecule has 7 heteroatoms. The maximum Gasteiger partial charge on any atom is 0.254 e. The first-order valence-corrected chi connectivity index (χ1v) is 12.2.